The molecule has 3 nitrogen and oxygen atoms in total. The zero-order valence-electron chi connectivity index (χ0n) is 10.4. The van der Waals surface area contributed by atoms with E-state index in [0.717, 1.165) is 55.4 Å². The van der Waals surface area contributed by atoms with Crippen LogP contribution in [0.25, 0.3) is 0 Å². The van der Waals surface area contributed by atoms with Crippen molar-refractivity contribution in [1.82, 2.24) is 14.7 Å². The van der Waals surface area contributed by atoms with Gasteiger partial charge in [-0.15, -0.1) is 11.6 Å². The standard InChI is InChI=1S/C12H19Cl2N3/c1-3-10-12(14)11(17(4-2)15-10)8-16-6-5-9(13)7-16/h9H,3-8H2,1-2H3. The number of aromatic nitrogens is 2. The van der Waals surface area contributed by atoms with Crippen molar-refractivity contribution < 1.29 is 0 Å². The molecule has 0 aromatic carbocycles. The van der Waals surface area contributed by atoms with Gasteiger partial charge in [0.05, 0.1) is 16.4 Å². The number of hydrogen-bond acceptors (Lipinski definition) is 2. The molecular weight excluding hydrogens is 257 g/mol. The van der Waals surface area contributed by atoms with Gasteiger partial charge in [0.15, 0.2) is 0 Å². The first-order valence-corrected chi connectivity index (χ1v) is 7.07. The lowest BCUT2D eigenvalue weighted by atomic mass is 10.3. The molecule has 1 saturated heterocycles. The summed E-state index contributed by atoms with van der Waals surface area (Å²) in [7, 11) is 0. The summed E-state index contributed by atoms with van der Waals surface area (Å²) in [6.07, 6.45) is 1.96. The van der Waals surface area contributed by atoms with Gasteiger partial charge < -0.3 is 0 Å². The maximum Gasteiger partial charge on any atom is 0.0863 e. The van der Waals surface area contributed by atoms with E-state index in [1.807, 2.05) is 4.68 Å². The monoisotopic (exact) mass is 275 g/mol. The van der Waals surface area contributed by atoms with Crippen molar-refractivity contribution in [2.45, 2.75) is 45.2 Å². The first kappa shape index (κ1) is 13.2. The van der Waals surface area contributed by atoms with Crippen LogP contribution in [0.3, 0.4) is 0 Å². The highest BCUT2D eigenvalue weighted by Crippen LogP contribution is 2.25. The Morgan fingerprint density at radius 1 is 1.41 bits per heavy atom. The quantitative estimate of drug-likeness (QED) is 0.788. The number of alkyl halides is 1. The van der Waals surface area contributed by atoms with Crippen LogP contribution in [0.4, 0.5) is 0 Å². The molecule has 1 atom stereocenters. The summed E-state index contributed by atoms with van der Waals surface area (Å²) in [6, 6.07) is 0. The summed E-state index contributed by atoms with van der Waals surface area (Å²) in [6.45, 7) is 7.93. The maximum absolute atomic E-state index is 6.38. The first-order valence-electron chi connectivity index (χ1n) is 6.26. The van der Waals surface area contributed by atoms with E-state index in [2.05, 4.69) is 23.8 Å². The molecule has 17 heavy (non-hydrogen) atoms. The highest BCUT2D eigenvalue weighted by atomic mass is 35.5. The second kappa shape index (κ2) is 5.59. The first-order chi connectivity index (χ1) is 8.15. The fraction of sp³-hybridized carbons (Fsp3) is 0.750. The second-order valence-corrected chi connectivity index (χ2v) is 5.49. The van der Waals surface area contributed by atoms with Gasteiger partial charge >= 0.3 is 0 Å². The SMILES string of the molecule is CCc1nn(CC)c(CN2CCC(Cl)C2)c1Cl. The smallest absolute Gasteiger partial charge is 0.0863 e. The van der Waals surface area contributed by atoms with Gasteiger partial charge in [0.2, 0.25) is 0 Å². The molecule has 0 aliphatic carbocycles. The molecule has 1 unspecified atom stereocenters. The van der Waals surface area contributed by atoms with Gasteiger partial charge in [-0.25, -0.2) is 0 Å². The summed E-state index contributed by atoms with van der Waals surface area (Å²) in [5.74, 6) is 0. The fourth-order valence-corrected chi connectivity index (χ4v) is 2.93. The number of aryl methyl sites for hydroxylation is 2. The van der Waals surface area contributed by atoms with Crippen LogP contribution < -0.4 is 0 Å². The predicted octanol–water partition coefficient (Wildman–Crippen LogP) is 2.93. The molecule has 0 saturated carbocycles. The molecule has 5 heteroatoms. The average Bonchev–Trinajstić information content (AvgIpc) is 2.85. The molecule has 1 fully saturated rings. The van der Waals surface area contributed by atoms with Gasteiger partial charge in [-0.05, 0) is 19.8 Å². The fourth-order valence-electron chi connectivity index (χ4n) is 2.31. The number of hydrogen-bond donors (Lipinski definition) is 0. The average molecular weight is 276 g/mol. The lowest BCUT2D eigenvalue weighted by molar-refractivity contribution is 0.319. The van der Waals surface area contributed by atoms with Crippen LogP contribution in [-0.4, -0.2) is 33.1 Å². The molecule has 1 aromatic rings. The van der Waals surface area contributed by atoms with Crippen LogP contribution in [0.15, 0.2) is 0 Å². The van der Waals surface area contributed by atoms with Crippen LogP contribution in [0, 0.1) is 0 Å². The Morgan fingerprint density at radius 3 is 2.71 bits per heavy atom. The Labute approximate surface area is 113 Å². The molecule has 2 heterocycles. The molecule has 0 bridgehead atoms. The minimum absolute atomic E-state index is 0.289. The van der Waals surface area contributed by atoms with Crippen LogP contribution >= 0.6 is 23.2 Å². The molecule has 0 spiro atoms. The Balaban J connectivity index is 2.16. The minimum Gasteiger partial charge on any atom is -0.296 e. The molecule has 2 rings (SSSR count). The Bertz CT molecular complexity index is 389. The number of halogens is 2. The normalized spacial score (nSPS) is 21.3. The van der Waals surface area contributed by atoms with Crippen molar-refractivity contribution >= 4 is 23.2 Å². The summed E-state index contributed by atoms with van der Waals surface area (Å²) in [5, 5.41) is 5.66. The Morgan fingerprint density at radius 2 is 2.18 bits per heavy atom. The zero-order chi connectivity index (χ0) is 12.4. The minimum atomic E-state index is 0.289. The van der Waals surface area contributed by atoms with Gasteiger partial charge in [-0.3, -0.25) is 9.58 Å². The van der Waals surface area contributed by atoms with Gasteiger partial charge in [-0.2, -0.15) is 5.10 Å². The largest absolute Gasteiger partial charge is 0.296 e. The molecular formula is C12H19Cl2N3. The van der Waals surface area contributed by atoms with Gasteiger partial charge in [-0.1, -0.05) is 18.5 Å². The van der Waals surface area contributed by atoms with Crippen LogP contribution in [0.2, 0.25) is 5.02 Å². The third-order valence-electron chi connectivity index (χ3n) is 3.28. The van der Waals surface area contributed by atoms with Gasteiger partial charge in [0.25, 0.3) is 0 Å². The van der Waals surface area contributed by atoms with E-state index in [0.29, 0.717) is 0 Å². The van der Waals surface area contributed by atoms with Crippen LogP contribution in [0.5, 0.6) is 0 Å². The van der Waals surface area contributed by atoms with E-state index in [1.165, 1.54) is 0 Å². The van der Waals surface area contributed by atoms with Crippen molar-refractivity contribution in [2.24, 2.45) is 0 Å². The van der Waals surface area contributed by atoms with Crippen molar-refractivity contribution in [2.75, 3.05) is 13.1 Å². The lowest BCUT2D eigenvalue weighted by Crippen LogP contribution is -2.22. The number of nitrogens with zero attached hydrogens (tertiary/aromatic N) is 3. The Kier molecular flexibility index (Phi) is 4.34. The molecule has 0 N–H and O–H groups in total. The predicted molar refractivity (Wildman–Crippen MR) is 71.8 cm³/mol. The van der Waals surface area contributed by atoms with E-state index in [1.54, 1.807) is 0 Å². The topological polar surface area (TPSA) is 21.1 Å². The van der Waals surface area contributed by atoms with Crippen molar-refractivity contribution in [3.63, 3.8) is 0 Å². The lowest BCUT2D eigenvalue weighted by Gasteiger charge is -2.15. The summed E-state index contributed by atoms with van der Waals surface area (Å²) in [5.41, 5.74) is 2.14. The zero-order valence-corrected chi connectivity index (χ0v) is 11.9. The third kappa shape index (κ3) is 2.78. The summed E-state index contributed by atoms with van der Waals surface area (Å²) >= 11 is 12.5. The van der Waals surface area contributed by atoms with Crippen molar-refractivity contribution in [3.8, 4) is 0 Å². The molecule has 96 valence electrons. The molecule has 1 aliphatic heterocycles. The molecule has 1 aliphatic rings. The summed E-state index contributed by atoms with van der Waals surface area (Å²) < 4.78 is 2.02. The van der Waals surface area contributed by atoms with Crippen LogP contribution in [0.1, 0.15) is 31.7 Å². The molecule has 0 radical (unpaired) electrons. The van der Waals surface area contributed by atoms with E-state index in [9.17, 15) is 0 Å². The highest BCUT2D eigenvalue weighted by Gasteiger charge is 2.23. The van der Waals surface area contributed by atoms with E-state index in [-0.39, 0.29) is 5.38 Å². The number of likely N-dealkylation sites (tertiary alicyclic amines) is 1. The number of rotatable bonds is 4. The van der Waals surface area contributed by atoms with E-state index in [4.69, 9.17) is 23.2 Å². The van der Waals surface area contributed by atoms with E-state index >= 15 is 0 Å². The van der Waals surface area contributed by atoms with Crippen molar-refractivity contribution in [1.29, 1.82) is 0 Å². The van der Waals surface area contributed by atoms with Crippen molar-refractivity contribution in [3.05, 3.63) is 16.4 Å². The third-order valence-corrected chi connectivity index (χ3v) is 4.07. The van der Waals surface area contributed by atoms with E-state index < -0.39 is 0 Å². The Hall–Kier alpha value is -0.250. The van der Waals surface area contributed by atoms with Crippen LogP contribution in [-0.2, 0) is 19.5 Å². The van der Waals surface area contributed by atoms with Gasteiger partial charge in [0.1, 0.15) is 0 Å². The van der Waals surface area contributed by atoms with Gasteiger partial charge in [0, 0.05) is 31.6 Å². The highest BCUT2D eigenvalue weighted by molar-refractivity contribution is 6.31. The molecule has 0 amide bonds. The second-order valence-electron chi connectivity index (χ2n) is 4.50. The summed E-state index contributed by atoms with van der Waals surface area (Å²) in [4.78, 5) is 2.35. The molecule has 1 aromatic heterocycles. The maximum atomic E-state index is 6.38.